The van der Waals surface area contributed by atoms with Gasteiger partial charge in [0.2, 0.25) is 0 Å². The third kappa shape index (κ3) is 2.86. The second-order valence-corrected chi connectivity index (χ2v) is 4.56. The maximum Gasteiger partial charge on any atom is 0.177 e. The monoisotopic (exact) mass is 233 g/mol. The van der Waals surface area contributed by atoms with Gasteiger partial charge in [0.1, 0.15) is 5.75 Å². The summed E-state index contributed by atoms with van der Waals surface area (Å²) >= 11 is 0. The van der Waals surface area contributed by atoms with Gasteiger partial charge in [-0.05, 0) is 44.0 Å². The van der Waals surface area contributed by atoms with E-state index >= 15 is 0 Å². The molecule has 0 N–H and O–H groups in total. The summed E-state index contributed by atoms with van der Waals surface area (Å²) in [6.07, 6.45) is 0. The van der Waals surface area contributed by atoms with Crippen LogP contribution >= 0.6 is 0 Å². The smallest absolute Gasteiger partial charge is 0.177 e. The fourth-order valence-corrected chi connectivity index (χ4v) is 1.92. The molecule has 0 aliphatic carbocycles. The minimum absolute atomic E-state index is 0.214. The normalized spacial score (nSPS) is 14.8. The summed E-state index contributed by atoms with van der Waals surface area (Å²) in [5, 5.41) is 0. The van der Waals surface area contributed by atoms with Gasteiger partial charge in [0.25, 0.3) is 0 Å². The highest BCUT2D eigenvalue weighted by atomic mass is 16.5. The molecule has 1 aromatic carbocycles. The number of nitrogens with zero attached hydrogens (tertiary/aromatic N) is 1. The van der Waals surface area contributed by atoms with Crippen LogP contribution in [0.2, 0.25) is 0 Å². The Bertz CT molecular complexity index is 436. The van der Waals surface area contributed by atoms with Crippen LogP contribution in [-0.4, -0.2) is 36.9 Å². The average molecular weight is 233 g/mol. The molecule has 92 valence electrons. The number of hydrogen-bond acceptors (Lipinski definition) is 3. The van der Waals surface area contributed by atoms with E-state index in [2.05, 4.69) is 4.90 Å². The van der Waals surface area contributed by atoms with E-state index in [1.165, 1.54) is 0 Å². The van der Waals surface area contributed by atoms with E-state index in [1.807, 2.05) is 32.9 Å². The molecule has 1 aliphatic heterocycles. The molecule has 3 heteroatoms. The highest BCUT2D eigenvalue weighted by Gasteiger charge is 2.22. The molecule has 0 atom stereocenters. The Balaban J connectivity index is 2.21. The molecule has 1 heterocycles. The number of ether oxygens (including phenoxy) is 1. The van der Waals surface area contributed by atoms with Crippen molar-refractivity contribution in [2.24, 2.45) is 0 Å². The molecule has 0 spiro atoms. The molecule has 1 fully saturated rings. The van der Waals surface area contributed by atoms with Crippen LogP contribution in [0.25, 0.3) is 0 Å². The Morgan fingerprint density at radius 1 is 1.29 bits per heavy atom. The lowest BCUT2D eigenvalue weighted by Crippen LogP contribution is -2.14. The third-order valence-corrected chi connectivity index (χ3v) is 3.03. The molecular formula is C14H19NO2. The lowest BCUT2D eigenvalue weighted by atomic mass is 10.0. The van der Waals surface area contributed by atoms with Gasteiger partial charge in [-0.1, -0.05) is 0 Å². The summed E-state index contributed by atoms with van der Waals surface area (Å²) in [6.45, 7) is 9.24. The zero-order valence-corrected chi connectivity index (χ0v) is 10.7. The second-order valence-electron chi connectivity index (χ2n) is 4.56. The van der Waals surface area contributed by atoms with Crippen LogP contribution < -0.4 is 4.74 Å². The van der Waals surface area contributed by atoms with Crippen molar-refractivity contribution in [3.05, 3.63) is 28.8 Å². The first-order valence-electron chi connectivity index (χ1n) is 6.11. The Morgan fingerprint density at radius 3 is 2.59 bits per heavy atom. The topological polar surface area (TPSA) is 29.3 Å². The Labute approximate surface area is 102 Å². The van der Waals surface area contributed by atoms with E-state index in [0.29, 0.717) is 13.2 Å². The van der Waals surface area contributed by atoms with Crippen molar-refractivity contribution in [3.63, 3.8) is 0 Å². The fourth-order valence-electron chi connectivity index (χ4n) is 1.92. The summed E-state index contributed by atoms with van der Waals surface area (Å²) < 4.78 is 5.52. The zero-order chi connectivity index (χ0) is 12.4. The molecule has 1 aromatic rings. The molecule has 0 amide bonds. The molecule has 0 saturated carbocycles. The molecule has 17 heavy (non-hydrogen) atoms. The van der Waals surface area contributed by atoms with Crippen molar-refractivity contribution >= 4 is 5.78 Å². The predicted octanol–water partition coefficient (Wildman–Crippen LogP) is 2.20. The first-order valence-corrected chi connectivity index (χ1v) is 6.11. The largest absolute Gasteiger partial charge is 0.494 e. The van der Waals surface area contributed by atoms with Crippen LogP contribution in [0.15, 0.2) is 12.1 Å². The van der Waals surface area contributed by atoms with E-state index in [0.717, 1.165) is 35.5 Å². The number of carbonyl (C=O) groups excluding carboxylic acids is 1. The van der Waals surface area contributed by atoms with E-state index < -0.39 is 0 Å². The van der Waals surface area contributed by atoms with Crippen molar-refractivity contribution in [2.45, 2.75) is 20.8 Å². The van der Waals surface area contributed by atoms with E-state index in [9.17, 15) is 4.79 Å². The van der Waals surface area contributed by atoms with Crippen molar-refractivity contribution in [1.29, 1.82) is 0 Å². The van der Waals surface area contributed by atoms with Gasteiger partial charge in [0.05, 0.1) is 13.2 Å². The molecule has 0 aromatic heterocycles. The van der Waals surface area contributed by atoms with Gasteiger partial charge < -0.3 is 4.74 Å². The van der Waals surface area contributed by atoms with E-state index in [4.69, 9.17) is 4.74 Å². The molecule has 1 saturated heterocycles. The van der Waals surface area contributed by atoms with Crippen molar-refractivity contribution in [3.8, 4) is 5.75 Å². The number of aryl methyl sites for hydroxylation is 2. The number of carbonyl (C=O) groups is 1. The Hall–Kier alpha value is -1.35. The molecular weight excluding hydrogens is 214 g/mol. The predicted molar refractivity (Wildman–Crippen MR) is 67.9 cm³/mol. The van der Waals surface area contributed by atoms with Crippen molar-refractivity contribution < 1.29 is 9.53 Å². The van der Waals surface area contributed by atoms with Crippen molar-refractivity contribution in [2.75, 3.05) is 26.2 Å². The quantitative estimate of drug-likeness (QED) is 0.577. The average Bonchev–Trinajstić information content (AvgIpc) is 3.07. The summed E-state index contributed by atoms with van der Waals surface area (Å²) in [4.78, 5) is 14.2. The molecule has 0 radical (unpaired) electrons. The van der Waals surface area contributed by atoms with Crippen LogP contribution in [0.5, 0.6) is 5.75 Å². The number of hydrogen-bond donors (Lipinski definition) is 0. The van der Waals surface area contributed by atoms with Gasteiger partial charge >= 0.3 is 0 Å². The van der Waals surface area contributed by atoms with Crippen LogP contribution in [0.4, 0.5) is 0 Å². The molecule has 0 bridgehead atoms. The van der Waals surface area contributed by atoms with Gasteiger partial charge in [0, 0.05) is 18.7 Å². The Morgan fingerprint density at radius 2 is 2.00 bits per heavy atom. The minimum atomic E-state index is 0.214. The summed E-state index contributed by atoms with van der Waals surface area (Å²) in [6, 6.07) is 3.92. The Kier molecular flexibility index (Phi) is 3.48. The standard InChI is InChI=1S/C14H19NO2/c1-4-17-14-8-10(2)12(7-11(14)3)13(16)9-15-5-6-15/h7-8H,4-6,9H2,1-3H3. The van der Waals surface area contributed by atoms with E-state index in [1.54, 1.807) is 0 Å². The lowest BCUT2D eigenvalue weighted by molar-refractivity contribution is 0.0974. The highest BCUT2D eigenvalue weighted by molar-refractivity contribution is 5.99. The summed E-state index contributed by atoms with van der Waals surface area (Å²) in [7, 11) is 0. The number of rotatable bonds is 5. The minimum Gasteiger partial charge on any atom is -0.494 e. The maximum atomic E-state index is 12.1. The van der Waals surface area contributed by atoms with Crippen LogP contribution in [0.3, 0.4) is 0 Å². The van der Waals surface area contributed by atoms with Gasteiger partial charge in [-0.15, -0.1) is 0 Å². The lowest BCUT2D eigenvalue weighted by Gasteiger charge is -2.12. The molecule has 2 rings (SSSR count). The third-order valence-electron chi connectivity index (χ3n) is 3.03. The zero-order valence-electron chi connectivity index (χ0n) is 10.7. The second kappa shape index (κ2) is 4.88. The van der Waals surface area contributed by atoms with Crippen LogP contribution in [0.1, 0.15) is 28.4 Å². The van der Waals surface area contributed by atoms with Gasteiger partial charge in [0.15, 0.2) is 5.78 Å². The first kappa shape index (κ1) is 12.1. The number of Topliss-reactive ketones (excluding diaryl/α,β-unsaturated/α-hetero) is 1. The summed E-state index contributed by atoms with van der Waals surface area (Å²) in [5.74, 6) is 1.10. The number of benzene rings is 1. The van der Waals surface area contributed by atoms with Crippen molar-refractivity contribution in [1.82, 2.24) is 4.90 Å². The van der Waals surface area contributed by atoms with Gasteiger partial charge in [-0.2, -0.15) is 0 Å². The van der Waals surface area contributed by atoms with Gasteiger partial charge in [-0.25, -0.2) is 0 Å². The maximum absolute atomic E-state index is 12.1. The summed E-state index contributed by atoms with van der Waals surface area (Å²) in [5.41, 5.74) is 2.87. The fraction of sp³-hybridized carbons (Fsp3) is 0.500. The van der Waals surface area contributed by atoms with Crippen LogP contribution in [0, 0.1) is 13.8 Å². The molecule has 3 nitrogen and oxygen atoms in total. The highest BCUT2D eigenvalue weighted by Crippen LogP contribution is 2.23. The van der Waals surface area contributed by atoms with Gasteiger partial charge in [-0.3, -0.25) is 9.69 Å². The SMILES string of the molecule is CCOc1cc(C)c(C(=O)CN2CC2)cc1C. The first-order chi connectivity index (χ1) is 8.11. The number of ketones is 1. The van der Waals surface area contributed by atoms with E-state index in [-0.39, 0.29) is 5.78 Å². The molecule has 1 aliphatic rings. The van der Waals surface area contributed by atoms with Crippen LogP contribution in [-0.2, 0) is 0 Å². The molecule has 0 unspecified atom stereocenters.